The molecule has 122 valence electrons. The van der Waals surface area contributed by atoms with Gasteiger partial charge in [-0.15, -0.1) is 0 Å². The molecule has 5 nitrogen and oxygen atoms in total. The number of rotatable bonds is 4. The van der Waals surface area contributed by atoms with Gasteiger partial charge in [-0.25, -0.2) is 0 Å². The Morgan fingerprint density at radius 2 is 1.74 bits per heavy atom. The Labute approximate surface area is 135 Å². The summed E-state index contributed by atoms with van der Waals surface area (Å²) in [6.07, 6.45) is -0.467. The van der Waals surface area contributed by atoms with Crippen molar-refractivity contribution in [1.29, 1.82) is 0 Å². The molecule has 0 spiro atoms. The van der Waals surface area contributed by atoms with Crippen molar-refractivity contribution in [3.63, 3.8) is 0 Å². The van der Waals surface area contributed by atoms with Crippen molar-refractivity contribution in [2.75, 3.05) is 13.2 Å². The summed E-state index contributed by atoms with van der Waals surface area (Å²) in [4.78, 5) is 0.135. The van der Waals surface area contributed by atoms with E-state index in [1.807, 2.05) is 32.0 Å². The van der Waals surface area contributed by atoms with Crippen LogP contribution in [0.1, 0.15) is 11.1 Å². The molecule has 0 saturated heterocycles. The van der Waals surface area contributed by atoms with Gasteiger partial charge >= 0.3 is 0 Å². The predicted octanol–water partition coefficient (Wildman–Crippen LogP) is 2.85. The zero-order valence-corrected chi connectivity index (χ0v) is 13.8. The van der Waals surface area contributed by atoms with Crippen molar-refractivity contribution in [3.05, 3.63) is 53.6 Å². The summed E-state index contributed by atoms with van der Waals surface area (Å²) in [5.41, 5.74) is 2.06. The largest absolute Gasteiger partial charge is 0.486 e. The van der Waals surface area contributed by atoms with Crippen LogP contribution in [0.5, 0.6) is 11.5 Å². The minimum atomic E-state index is -3.80. The van der Waals surface area contributed by atoms with E-state index >= 15 is 0 Å². The van der Waals surface area contributed by atoms with Crippen molar-refractivity contribution in [2.45, 2.75) is 24.8 Å². The lowest BCUT2D eigenvalue weighted by Gasteiger charge is -2.26. The molecule has 1 aliphatic rings. The zero-order valence-electron chi connectivity index (χ0n) is 13.0. The lowest BCUT2D eigenvalue weighted by Crippen LogP contribution is -2.34. The number of aryl methyl sites for hydroxylation is 2. The van der Waals surface area contributed by atoms with Crippen LogP contribution in [0, 0.1) is 13.8 Å². The number of hydrogen-bond donors (Lipinski definition) is 0. The Kier molecular flexibility index (Phi) is 4.28. The summed E-state index contributed by atoms with van der Waals surface area (Å²) >= 11 is 0. The summed E-state index contributed by atoms with van der Waals surface area (Å²) in [5, 5.41) is 0. The molecule has 0 amide bonds. The first-order valence-corrected chi connectivity index (χ1v) is 8.71. The maximum absolute atomic E-state index is 12.2. The van der Waals surface area contributed by atoms with Crippen molar-refractivity contribution in [2.24, 2.45) is 0 Å². The maximum atomic E-state index is 12.2. The molecule has 0 saturated carbocycles. The third-order valence-corrected chi connectivity index (χ3v) is 4.83. The standard InChI is InChI=1S/C17H18O5S/c1-12-3-6-15(7-4-12)23(18,19)21-11-14-10-20-17-9-13(2)5-8-16(17)22-14/h3-9,14H,10-11H2,1-2H3. The van der Waals surface area contributed by atoms with E-state index in [2.05, 4.69) is 0 Å². The second kappa shape index (κ2) is 6.22. The molecule has 0 bridgehead atoms. The van der Waals surface area contributed by atoms with Gasteiger partial charge in [0.15, 0.2) is 17.6 Å². The van der Waals surface area contributed by atoms with Crippen LogP contribution in [0.15, 0.2) is 47.4 Å². The minimum absolute atomic E-state index is 0.0937. The second-order valence-corrected chi connectivity index (χ2v) is 7.17. The normalized spacial score (nSPS) is 17.0. The minimum Gasteiger partial charge on any atom is -0.486 e. The smallest absolute Gasteiger partial charge is 0.297 e. The van der Waals surface area contributed by atoms with Crippen LogP contribution in [-0.4, -0.2) is 27.7 Å². The van der Waals surface area contributed by atoms with Gasteiger partial charge in [0.05, 0.1) is 4.90 Å². The monoisotopic (exact) mass is 334 g/mol. The van der Waals surface area contributed by atoms with Crippen molar-refractivity contribution >= 4 is 10.1 Å². The van der Waals surface area contributed by atoms with Crippen molar-refractivity contribution in [3.8, 4) is 11.5 Å². The topological polar surface area (TPSA) is 61.8 Å². The molecule has 0 aliphatic carbocycles. The molecule has 0 radical (unpaired) electrons. The highest BCUT2D eigenvalue weighted by Gasteiger charge is 2.24. The molecule has 6 heteroatoms. The van der Waals surface area contributed by atoms with Crippen LogP contribution in [0.3, 0.4) is 0 Å². The lowest BCUT2D eigenvalue weighted by molar-refractivity contribution is 0.0554. The number of ether oxygens (including phenoxy) is 2. The van der Waals surface area contributed by atoms with Gasteiger partial charge in [0, 0.05) is 0 Å². The summed E-state index contributed by atoms with van der Waals surface area (Å²) in [5.74, 6) is 1.27. The quantitative estimate of drug-likeness (QED) is 0.805. The molecule has 0 N–H and O–H groups in total. The first kappa shape index (κ1) is 15.8. The summed E-state index contributed by atoms with van der Waals surface area (Å²) in [6.45, 7) is 4.01. The first-order chi connectivity index (χ1) is 10.9. The molecule has 1 atom stereocenters. The van der Waals surface area contributed by atoms with Gasteiger partial charge in [-0.1, -0.05) is 23.8 Å². The Morgan fingerprint density at radius 1 is 1.04 bits per heavy atom. The number of fused-ring (bicyclic) bond motifs is 1. The van der Waals surface area contributed by atoms with E-state index in [9.17, 15) is 8.42 Å². The van der Waals surface area contributed by atoms with E-state index < -0.39 is 16.2 Å². The molecular formula is C17H18O5S. The Bertz CT molecular complexity index is 796. The summed E-state index contributed by atoms with van der Waals surface area (Å²) in [7, 11) is -3.80. The fourth-order valence-electron chi connectivity index (χ4n) is 2.24. The summed E-state index contributed by atoms with van der Waals surface area (Å²) in [6, 6.07) is 12.1. The highest BCUT2D eigenvalue weighted by atomic mass is 32.2. The predicted molar refractivity (Wildman–Crippen MR) is 85.4 cm³/mol. The molecular weight excluding hydrogens is 316 g/mol. The Morgan fingerprint density at radius 3 is 2.48 bits per heavy atom. The molecule has 1 heterocycles. The maximum Gasteiger partial charge on any atom is 0.297 e. The van der Waals surface area contributed by atoms with E-state index in [0.717, 1.165) is 11.1 Å². The van der Waals surface area contributed by atoms with Gasteiger partial charge in [0.25, 0.3) is 10.1 Å². The molecule has 2 aromatic carbocycles. The third-order valence-electron chi connectivity index (χ3n) is 3.54. The lowest BCUT2D eigenvalue weighted by atomic mass is 10.2. The fraction of sp³-hybridized carbons (Fsp3) is 0.294. The second-order valence-electron chi connectivity index (χ2n) is 5.55. The number of hydrogen-bond acceptors (Lipinski definition) is 5. The zero-order chi connectivity index (χ0) is 16.4. The van der Waals surface area contributed by atoms with E-state index in [-0.39, 0.29) is 18.1 Å². The average Bonchev–Trinajstić information content (AvgIpc) is 2.53. The van der Waals surface area contributed by atoms with Crippen LogP contribution >= 0.6 is 0 Å². The highest BCUT2D eigenvalue weighted by molar-refractivity contribution is 7.86. The van der Waals surface area contributed by atoms with Gasteiger partial charge in [-0.2, -0.15) is 8.42 Å². The molecule has 23 heavy (non-hydrogen) atoms. The highest BCUT2D eigenvalue weighted by Crippen LogP contribution is 2.32. The van der Waals surface area contributed by atoms with Crippen molar-refractivity contribution < 1.29 is 22.1 Å². The van der Waals surface area contributed by atoms with E-state index in [4.69, 9.17) is 13.7 Å². The Balaban J connectivity index is 1.65. The molecule has 1 unspecified atom stereocenters. The average molecular weight is 334 g/mol. The Hall–Kier alpha value is -2.05. The fourth-order valence-corrected chi connectivity index (χ4v) is 3.18. The molecule has 0 fully saturated rings. The molecule has 0 aromatic heterocycles. The van der Waals surface area contributed by atoms with Crippen molar-refractivity contribution in [1.82, 2.24) is 0 Å². The van der Waals surface area contributed by atoms with E-state index in [0.29, 0.717) is 11.5 Å². The van der Waals surface area contributed by atoms with Gasteiger partial charge in [0.2, 0.25) is 0 Å². The van der Waals surface area contributed by atoms with Gasteiger partial charge in [0.1, 0.15) is 13.2 Å². The third kappa shape index (κ3) is 3.65. The summed E-state index contributed by atoms with van der Waals surface area (Å²) < 4.78 is 40.7. The van der Waals surface area contributed by atoms with E-state index in [1.54, 1.807) is 12.1 Å². The molecule has 2 aromatic rings. The van der Waals surface area contributed by atoms with Crippen LogP contribution < -0.4 is 9.47 Å². The van der Waals surface area contributed by atoms with Crippen LogP contribution in [0.4, 0.5) is 0 Å². The molecule has 1 aliphatic heterocycles. The van der Waals surface area contributed by atoms with Crippen LogP contribution in [0.25, 0.3) is 0 Å². The number of benzene rings is 2. The van der Waals surface area contributed by atoms with Crippen LogP contribution in [-0.2, 0) is 14.3 Å². The first-order valence-electron chi connectivity index (χ1n) is 7.30. The van der Waals surface area contributed by atoms with E-state index in [1.165, 1.54) is 12.1 Å². The molecule has 3 rings (SSSR count). The van der Waals surface area contributed by atoms with Gasteiger partial charge in [-0.3, -0.25) is 4.18 Å². The van der Waals surface area contributed by atoms with Crippen LogP contribution in [0.2, 0.25) is 0 Å². The van der Waals surface area contributed by atoms with Gasteiger partial charge in [-0.05, 0) is 43.7 Å². The van der Waals surface area contributed by atoms with Gasteiger partial charge < -0.3 is 9.47 Å². The SMILES string of the molecule is Cc1ccc(S(=O)(=O)OCC2COc3cc(C)ccc3O2)cc1.